The molecule has 0 aromatic heterocycles. The minimum Gasteiger partial charge on any atom is -0.394 e. The molecular weight excluding hydrogens is 182 g/mol. The van der Waals surface area contributed by atoms with Crippen LogP contribution >= 0.6 is 11.8 Å². The van der Waals surface area contributed by atoms with Crippen LogP contribution in [0.3, 0.4) is 0 Å². The van der Waals surface area contributed by atoms with E-state index in [1.165, 1.54) is 30.8 Å². The van der Waals surface area contributed by atoms with Gasteiger partial charge in [0.2, 0.25) is 0 Å². The first kappa shape index (κ1) is 9.81. The number of aliphatic hydroxyl groups is 1. The maximum absolute atomic E-state index is 9.39. The van der Waals surface area contributed by atoms with Gasteiger partial charge in [0.25, 0.3) is 0 Å². The van der Waals surface area contributed by atoms with Gasteiger partial charge in [-0.2, -0.15) is 11.8 Å². The van der Waals surface area contributed by atoms with Crippen molar-refractivity contribution in [2.45, 2.75) is 37.8 Å². The molecule has 1 aliphatic heterocycles. The molecule has 2 aliphatic rings. The van der Waals surface area contributed by atoms with Gasteiger partial charge < -0.3 is 10.4 Å². The van der Waals surface area contributed by atoms with Crippen molar-refractivity contribution in [2.75, 3.05) is 18.1 Å². The molecule has 1 saturated carbocycles. The molecule has 1 heterocycles. The number of aliphatic hydroxyl groups excluding tert-OH is 1. The molecule has 2 rings (SSSR count). The molecule has 0 aromatic rings. The minimum atomic E-state index is 0.00949. The lowest BCUT2D eigenvalue weighted by atomic mass is 9.95. The molecular formula is C10H19NOS. The van der Waals surface area contributed by atoms with Gasteiger partial charge in [-0.3, -0.25) is 0 Å². The molecule has 3 heteroatoms. The normalized spacial score (nSPS) is 33.2. The highest BCUT2D eigenvalue weighted by molar-refractivity contribution is 7.99. The molecule has 0 spiro atoms. The Labute approximate surface area is 84.5 Å². The second kappa shape index (κ2) is 3.79. The van der Waals surface area contributed by atoms with E-state index in [2.05, 4.69) is 12.2 Å². The average Bonchev–Trinajstić information content (AvgIpc) is 2.88. The Balaban J connectivity index is 1.88. The first-order valence-electron chi connectivity index (χ1n) is 5.21. The first-order chi connectivity index (χ1) is 6.24. The summed E-state index contributed by atoms with van der Waals surface area (Å²) in [6, 6.07) is 0.641. The lowest BCUT2D eigenvalue weighted by molar-refractivity contribution is 0.145. The minimum absolute atomic E-state index is 0.00949. The fourth-order valence-corrected chi connectivity index (χ4v) is 3.28. The lowest BCUT2D eigenvalue weighted by Gasteiger charge is -2.32. The Morgan fingerprint density at radius 3 is 2.69 bits per heavy atom. The smallest absolute Gasteiger partial charge is 0.0613 e. The summed E-state index contributed by atoms with van der Waals surface area (Å²) in [5.74, 6) is 3.23. The monoisotopic (exact) mass is 201 g/mol. The SMILES string of the molecule is CC(CO)(NC1CCSC1)C1CC1. The van der Waals surface area contributed by atoms with Gasteiger partial charge in [0.15, 0.2) is 0 Å². The molecule has 2 N–H and O–H groups in total. The van der Waals surface area contributed by atoms with Crippen molar-refractivity contribution in [1.82, 2.24) is 5.32 Å². The van der Waals surface area contributed by atoms with Gasteiger partial charge in [-0.05, 0) is 37.9 Å². The van der Waals surface area contributed by atoms with Crippen LogP contribution < -0.4 is 5.32 Å². The van der Waals surface area contributed by atoms with E-state index >= 15 is 0 Å². The Kier molecular flexibility index (Phi) is 2.86. The number of hydrogen-bond donors (Lipinski definition) is 2. The average molecular weight is 201 g/mol. The second-order valence-corrected chi connectivity index (χ2v) is 5.70. The van der Waals surface area contributed by atoms with Crippen LogP contribution in [0.4, 0.5) is 0 Å². The summed E-state index contributed by atoms with van der Waals surface area (Å²) in [4.78, 5) is 0. The van der Waals surface area contributed by atoms with Crippen molar-refractivity contribution in [2.24, 2.45) is 5.92 Å². The maximum Gasteiger partial charge on any atom is 0.0613 e. The van der Waals surface area contributed by atoms with Crippen LogP contribution in [0, 0.1) is 5.92 Å². The number of rotatable bonds is 4. The molecule has 0 bridgehead atoms. The highest BCUT2D eigenvalue weighted by Gasteiger charge is 2.42. The van der Waals surface area contributed by atoms with E-state index < -0.39 is 0 Å². The van der Waals surface area contributed by atoms with Crippen molar-refractivity contribution < 1.29 is 5.11 Å². The third kappa shape index (κ3) is 2.20. The molecule has 2 nitrogen and oxygen atoms in total. The van der Waals surface area contributed by atoms with Crippen molar-refractivity contribution in [3.8, 4) is 0 Å². The predicted octanol–water partition coefficient (Wildman–Crippen LogP) is 1.24. The molecule has 2 atom stereocenters. The van der Waals surface area contributed by atoms with Crippen LogP contribution in [0.1, 0.15) is 26.2 Å². The van der Waals surface area contributed by atoms with Gasteiger partial charge in [-0.15, -0.1) is 0 Å². The molecule has 1 aliphatic carbocycles. The van der Waals surface area contributed by atoms with E-state index in [-0.39, 0.29) is 5.54 Å². The highest BCUT2D eigenvalue weighted by Crippen LogP contribution is 2.40. The molecule has 0 amide bonds. The standard InChI is InChI=1S/C10H19NOS/c1-10(7-12,8-2-3-8)11-9-4-5-13-6-9/h8-9,11-12H,2-7H2,1H3. The van der Waals surface area contributed by atoms with E-state index in [0.29, 0.717) is 12.6 Å². The van der Waals surface area contributed by atoms with Crippen LogP contribution in [0.5, 0.6) is 0 Å². The van der Waals surface area contributed by atoms with E-state index in [0.717, 1.165) is 5.92 Å². The molecule has 13 heavy (non-hydrogen) atoms. The van der Waals surface area contributed by atoms with Crippen LogP contribution in [0.15, 0.2) is 0 Å². The Hall–Kier alpha value is 0.270. The number of hydrogen-bond acceptors (Lipinski definition) is 3. The van der Waals surface area contributed by atoms with Gasteiger partial charge >= 0.3 is 0 Å². The Bertz CT molecular complexity index is 178. The highest BCUT2D eigenvalue weighted by atomic mass is 32.2. The summed E-state index contributed by atoms with van der Waals surface area (Å²) in [6.07, 6.45) is 3.86. The number of thioether (sulfide) groups is 1. The van der Waals surface area contributed by atoms with E-state index in [9.17, 15) is 5.11 Å². The lowest BCUT2D eigenvalue weighted by Crippen LogP contribution is -2.52. The fourth-order valence-electron chi connectivity index (χ4n) is 2.13. The third-order valence-corrected chi connectivity index (χ3v) is 4.43. The van der Waals surface area contributed by atoms with E-state index in [1.807, 2.05) is 11.8 Å². The summed E-state index contributed by atoms with van der Waals surface area (Å²) in [6.45, 7) is 2.46. The number of nitrogens with one attached hydrogen (secondary N) is 1. The molecule has 2 fully saturated rings. The molecule has 76 valence electrons. The van der Waals surface area contributed by atoms with Crippen LogP contribution in [0.25, 0.3) is 0 Å². The van der Waals surface area contributed by atoms with Crippen molar-refractivity contribution in [3.63, 3.8) is 0 Å². The van der Waals surface area contributed by atoms with Crippen molar-refractivity contribution >= 4 is 11.8 Å². The van der Waals surface area contributed by atoms with Crippen molar-refractivity contribution in [3.05, 3.63) is 0 Å². The first-order valence-corrected chi connectivity index (χ1v) is 6.36. The molecule has 2 unspecified atom stereocenters. The Morgan fingerprint density at radius 2 is 2.23 bits per heavy atom. The zero-order chi connectivity index (χ0) is 9.31. The van der Waals surface area contributed by atoms with Gasteiger partial charge in [-0.1, -0.05) is 0 Å². The van der Waals surface area contributed by atoms with Crippen LogP contribution in [-0.4, -0.2) is 34.8 Å². The zero-order valence-electron chi connectivity index (χ0n) is 8.25. The van der Waals surface area contributed by atoms with Gasteiger partial charge in [0.1, 0.15) is 0 Å². The summed E-state index contributed by atoms with van der Waals surface area (Å²) in [5, 5.41) is 13.0. The Morgan fingerprint density at radius 1 is 1.46 bits per heavy atom. The summed E-state index contributed by atoms with van der Waals surface area (Å²) < 4.78 is 0. The summed E-state index contributed by atoms with van der Waals surface area (Å²) in [5.41, 5.74) is 0.00949. The van der Waals surface area contributed by atoms with Crippen LogP contribution in [0.2, 0.25) is 0 Å². The largest absolute Gasteiger partial charge is 0.394 e. The van der Waals surface area contributed by atoms with Crippen molar-refractivity contribution in [1.29, 1.82) is 0 Å². The summed E-state index contributed by atoms with van der Waals surface area (Å²) >= 11 is 2.02. The van der Waals surface area contributed by atoms with Gasteiger partial charge in [-0.25, -0.2) is 0 Å². The molecule has 1 saturated heterocycles. The van der Waals surface area contributed by atoms with Gasteiger partial charge in [0.05, 0.1) is 6.61 Å². The molecule has 0 aromatic carbocycles. The molecule has 0 radical (unpaired) electrons. The van der Waals surface area contributed by atoms with E-state index in [1.54, 1.807) is 0 Å². The third-order valence-electron chi connectivity index (χ3n) is 3.27. The predicted molar refractivity (Wildman–Crippen MR) is 57.1 cm³/mol. The maximum atomic E-state index is 9.39. The fraction of sp³-hybridized carbons (Fsp3) is 1.00. The second-order valence-electron chi connectivity index (χ2n) is 4.55. The quantitative estimate of drug-likeness (QED) is 0.718. The van der Waals surface area contributed by atoms with Gasteiger partial charge in [0, 0.05) is 17.3 Å². The topological polar surface area (TPSA) is 32.3 Å². The summed E-state index contributed by atoms with van der Waals surface area (Å²) in [7, 11) is 0. The zero-order valence-corrected chi connectivity index (χ0v) is 9.07. The van der Waals surface area contributed by atoms with Crippen LogP contribution in [-0.2, 0) is 0 Å². The van der Waals surface area contributed by atoms with E-state index in [4.69, 9.17) is 0 Å².